The molecular formula is C13H20N2O2S. The van der Waals surface area contributed by atoms with E-state index in [2.05, 4.69) is 0 Å². The molecule has 1 atom stereocenters. The summed E-state index contributed by atoms with van der Waals surface area (Å²) in [5.41, 5.74) is 10.0. The standard InChI is InChI=1S/C13H20N2O2S/c1-9-6-12(14)13(7-10(9)2)15(3)11-4-5-18(16,17)8-11/h6-7,11H,4-5,8,14H2,1-3H3. The molecule has 0 radical (unpaired) electrons. The van der Waals surface area contributed by atoms with E-state index < -0.39 is 9.84 Å². The molecule has 0 spiro atoms. The van der Waals surface area contributed by atoms with Crippen LogP contribution in [0.15, 0.2) is 12.1 Å². The van der Waals surface area contributed by atoms with Crippen LogP contribution in [-0.4, -0.2) is 33.0 Å². The van der Waals surface area contributed by atoms with Gasteiger partial charge in [-0.3, -0.25) is 0 Å². The minimum absolute atomic E-state index is 0.0411. The number of nitrogen functional groups attached to an aromatic ring is 1. The molecule has 1 unspecified atom stereocenters. The summed E-state index contributed by atoms with van der Waals surface area (Å²) in [4.78, 5) is 2.01. The quantitative estimate of drug-likeness (QED) is 0.826. The van der Waals surface area contributed by atoms with Crippen LogP contribution in [0.3, 0.4) is 0 Å². The van der Waals surface area contributed by atoms with Crippen LogP contribution in [0.4, 0.5) is 11.4 Å². The van der Waals surface area contributed by atoms with Gasteiger partial charge in [-0.15, -0.1) is 0 Å². The SMILES string of the molecule is Cc1cc(N)c(N(C)C2CCS(=O)(=O)C2)cc1C. The first-order valence-corrected chi connectivity index (χ1v) is 7.92. The predicted molar refractivity (Wildman–Crippen MR) is 75.8 cm³/mol. The number of hydrogen-bond acceptors (Lipinski definition) is 4. The largest absolute Gasteiger partial charge is 0.397 e. The van der Waals surface area contributed by atoms with Gasteiger partial charge in [0.15, 0.2) is 9.84 Å². The van der Waals surface area contributed by atoms with Gasteiger partial charge < -0.3 is 10.6 Å². The second-order valence-electron chi connectivity index (χ2n) is 5.16. The number of sulfone groups is 1. The summed E-state index contributed by atoms with van der Waals surface area (Å²) in [5, 5.41) is 0. The van der Waals surface area contributed by atoms with Crippen LogP contribution in [0.2, 0.25) is 0 Å². The number of rotatable bonds is 2. The first-order valence-electron chi connectivity index (χ1n) is 6.10. The van der Waals surface area contributed by atoms with Crippen molar-refractivity contribution in [1.82, 2.24) is 0 Å². The van der Waals surface area contributed by atoms with Gasteiger partial charge in [-0.2, -0.15) is 0 Å². The summed E-state index contributed by atoms with van der Waals surface area (Å²) in [6.45, 7) is 4.06. The smallest absolute Gasteiger partial charge is 0.152 e. The molecule has 0 aromatic heterocycles. The van der Waals surface area contributed by atoms with Gasteiger partial charge in [0.1, 0.15) is 0 Å². The van der Waals surface area contributed by atoms with Gasteiger partial charge >= 0.3 is 0 Å². The van der Waals surface area contributed by atoms with Gasteiger partial charge in [-0.25, -0.2) is 8.42 Å². The summed E-state index contributed by atoms with van der Waals surface area (Å²) >= 11 is 0. The first kappa shape index (κ1) is 13.2. The van der Waals surface area contributed by atoms with E-state index in [1.165, 1.54) is 5.56 Å². The highest BCUT2D eigenvalue weighted by molar-refractivity contribution is 7.91. The summed E-state index contributed by atoms with van der Waals surface area (Å²) in [5.74, 6) is 0.516. The summed E-state index contributed by atoms with van der Waals surface area (Å²) in [6, 6.07) is 4.03. The molecule has 1 fully saturated rings. The van der Waals surface area contributed by atoms with Crippen molar-refractivity contribution in [3.63, 3.8) is 0 Å². The highest BCUT2D eigenvalue weighted by Gasteiger charge is 2.31. The third-order valence-electron chi connectivity index (χ3n) is 3.78. The lowest BCUT2D eigenvalue weighted by Crippen LogP contribution is -2.33. The molecule has 1 aliphatic rings. The summed E-state index contributed by atoms with van der Waals surface area (Å²) in [6.07, 6.45) is 0.686. The highest BCUT2D eigenvalue weighted by Crippen LogP contribution is 2.30. The van der Waals surface area contributed by atoms with Crippen LogP contribution in [-0.2, 0) is 9.84 Å². The molecule has 0 amide bonds. The van der Waals surface area contributed by atoms with E-state index in [0.29, 0.717) is 12.1 Å². The molecule has 18 heavy (non-hydrogen) atoms. The molecule has 100 valence electrons. The third kappa shape index (κ3) is 2.46. The molecule has 1 aliphatic heterocycles. The van der Waals surface area contributed by atoms with Crippen LogP contribution in [0.5, 0.6) is 0 Å². The zero-order valence-corrected chi connectivity index (χ0v) is 11.9. The lowest BCUT2D eigenvalue weighted by atomic mass is 10.1. The number of nitrogens with two attached hydrogens (primary N) is 1. The predicted octanol–water partition coefficient (Wildman–Crippen LogP) is 1.51. The molecular weight excluding hydrogens is 248 g/mol. The van der Waals surface area contributed by atoms with Gasteiger partial charge in [0, 0.05) is 13.1 Å². The molecule has 2 N–H and O–H groups in total. The molecule has 0 aliphatic carbocycles. The van der Waals surface area contributed by atoms with Gasteiger partial charge in [0.25, 0.3) is 0 Å². The molecule has 0 bridgehead atoms. The summed E-state index contributed by atoms with van der Waals surface area (Å²) in [7, 11) is -0.940. The van der Waals surface area contributed by atoms with Crippen molar-refractivity contribution < 1.29 is 8.42 Å². The number of hydrogen-bond donors (Lipinski definition) is 1. The van der Waals surface area contributed by atoms with Crippen molar-refractivity contribution >= 4 is 21.2 Å². The summed E-state index contributed by atoms with van der Waals surface area (Å²) < 4.78 is 23.0. The Labute approximate surface area is 109 Å². The fourth-order valence-electron chi connectivity index (χ4n) is 2.41. The maximum absolute atomic E-state index is 11.5. The third-order valence-corrected chi connectivity index (χ3v) is 5.53. The molecule has 0 saturated carbocycles. The Balaban J connectivity index is 2.30. The zero-order chi connectivity index (χ0) is 13.5. The molecule has 1 aromatic carbocycles. The first-order chi connectivity index (χ1) is 8.30. The Bertz CT molecular complexity index is 567. The van der Waals surface area contributed by atoms with E-state index in [1.807, 2.05) is 37.9 Å². The second kappa shape index (κ2) is 4.46. The van der Waals surface area contributed by atoms with Crippen LogP contribution in [0.1, 0.15) is 17.5 Å². The lowest BCUT2D eigenvalue weighted by molar-refractivity contribution is 0.601. The Morgan fingerprint density at radius 3 is 2.44 bits per heavy atom. The zero-order valence-electron chi connectivity index (χ0n) is 11.1. The van der Waals surface area contributed by atoms with E-state index in [1.54, 1.807) is 0 Å². The highest BCUT2D eigenvalue weighted by atomic mass is 32.2. The van der Waals surface area contributed by atoms with Gasteiger partial charge in [0.05, 0.1) is 22.9 Å². The van der Waals surface area contributed by atoms with Crippen LogP contribution in [0, 0.1) is 13.8 Å². The fourth-order valence-corrected chi connectivity index (χ4v) is 4.18. The molecule has 1 aromatic rings. The van der Waals surface area contributed by atoms with Crippen LogP contribution >= 0.6 is 0 Å². The maximum Gasteiger partial charge on any atom is 0.152 e. The molecule has 1 heterocycles. The van der Waals surface area contributed by atoms with Crippen molar-refractivity contribution in [3.05, 3.63) is 23.3 Å². The van der Waals surface area contributed by atoms with Crippen LogP contribution < -0.4 is 10.6 Å². The number of anilines is 2. The Kier molecular flexibility index (Phi) is 3.27. The number of aryl methyl sites for hydroxylation is 2. The van der Waals surface area contributed by atoms with Crippen LogP contribution in [0.25, 0.3) is 0 Å². The Hall–Kier alpha value is -1.23. The van der Waals surface area contributed by atoms with E-state index in [-0.39, 0.29) is 17.5 Å². The molecule has 5 heteroatoms. The van der Waals surface area contributed by atoms with Gasteiger partial charge in [-0.05, 0) is 43.5 Å². The number of benzene rings is 1. The second-order valence-corrected chi connectivity index (χ2v) is 7.39. The Morgan fingerprint density at radius 1 is 1.28 bits per heavy atom. The molecule has 1 saturated heterocycles. The van der Waals surface area contributed by atoms with Crippen molar-refractivity contribution in [2.45, 2.75) is 26.3 Å². The Morgan fingerprint density at radius 2 is 1.89 bits per heavy atom. The van der Waals surface area contributed by atoms with Gasteiger partial charge in [-0.1, -0.05) is 0 Å². The van der Waals surface area contributed by atoms with Gasteiger partial charge in [0.2, 0.25) is 0 Å². The van der Waals surface area contributed by atoms with Crippen molar-refractivity contribution in [2.24, 2.45) is 0 Å². The lowest BCUT2D eigenvalue weighted by Gasteiger charge is -2.27. The van der Waals surface area contributed by atoms with Crippen molar-refractivity contribution in [2.75, 3.05) is 29.2 Å². The average Bonchev–Trinajstić information content (AvgIpc) is 2.63. The molecule has 4 nitrogen and oxygen atoms in total. The normalized spacial score (nSPS) is 22.1. The minimum Gasteiger partial charge on any atom is -0.397 e. The van der Waals surface area contributed by atoms with E-state index in [0.717, 1.165) is 11.3 Å². The van der Waals surface area contributed by atoms with E-state index >= 15 is 0 Å². The molecule has 2 rings (SSSR count). The monoisotopic (exact) mass is 268 g/mol. The fraction of sp³-hybridized carbons (Fsp3) is 0.538. The average molecular weight is 268 g/mol. The topological polar surface area (TPSA) is 63.4 Å². The maximum atomic E-state index is 11.5. The minimum atomic E-state index is -2.86. The van der Waals surface area contributed by atoms with Crippen molar-refractivity contribution in [1.29, 1.82) is 0 Å². The van der Waals surface area contributed by atoms with E-state index in [9.17, 15) is 8.42 Å². The van der Waals surface area contributed by atoms with E-state index in [4.69, 9.17) is 5.73 Å². The van der Waals surface area contributed by atoms with Crippen molar-refractivity contribution in [3.8, 4) is 0 Å². The number of nitrogens with zero attached hydrogens (tertiary/aromatic N) is 1.